The highest BCUT2D eigenvalue weighted by Crippen LogP contribution is 2.26. The van der Waals surface area contributed by atoms with Gasteiger partial charge in [-0.15, -0.1) is 0 Å². The van der Waals surface area contributed by atoms with Gasteiger partial charge in [-0.2, -0.15) is 8.78 Å². The van der Waals surface area contributed by atoms with E-state index in [1.54, 1.807) is 6.07 Å². The molecule has 0 bridgehead atoms. The van der Waals surface area contributed by atoms with Crippen LogP contribution in [0.2, 0.25) is 0 Å². The molecular weight excluding hydrogens is 324 g/mol. The summed E-state index contributed by atoms with van der Waals surface area (Å²) in [5, 5.41) is 0. The van der Waals surface area contributed by atoms with Crippen LogP contribution in [0.25, 0.3) is 0 Å². The number of hydrogen-bond donors (Lipinski definition) is 2. The fourth-order valence-corrected chi connectivity index (χ4v) is 1.61. The van der Waals surface area contributed by atoms with Gasteiger partial charge in [0.25, 0.3) is 0 Å². The molecule has 1 aromatic heterocycles. The maximum absolute atomic E-state index is 12.6. The number of halogens is 5. The maximum atomic E-state index is 12.6. The van der Waals surface area contributed by atoms with Crippen LogP contribution in [0.4, 0.5) is 17.6 Å². The van der Waals surface area contributed by atoms with Gasteiger partial charge in [-0.1, -0.05) is 0 Å². The minimum absolute atomic E-state index is 0.328. The Kier molecular flexibility index (Phi) is 5.57. The number of hydrazine groups is 1. The van der Waals surface area contributed by atoms with E-state index in [9.17, 15) is 17.6 Å². The van der Waals surface area contributed by atoms with Crippen LogP contribution in [0.1, 0.15) is 11.8 Å². The molecule has 0 spiro atoms. The molecule has 104 valence electrons. The van der Waals surface area contributed by atoms with E-state index in [1.165, 1.54) is 6.26 Å². The van der Waals surface area contributed by atoms with Crippen molar-refractivity contribution in [2.75, 3.05) is 13.2 Å². The molecule has 0 aromatic carbocycles. The van der Waals surface area contributed by atoms with Gasteiger partial charge in [0, 0.05) is 0 Å². The van der Waals surface area contributed by atoms with Crippen LogP contribution in [0.5, 0.6) is 0 Å². The van der Waals surface area contributed by atoms with Gasteiger partial charge >= 0.3 is 12.3 Å². The van der Waals surface area contributed by atoms with Gasteiger partial charge < -0.3 is 9.15 Å². The van der Waals surface area contributed by atoms with Crippen LogP contribution in [0.15, 0.2) is 21.2 Å². The van der Waals surface area contributed by atoms with Crippen molar-refractivity contribution in [1.82, 2.24) is 5.43 Å². The van der Waals surface area contributed by atoms with Crippen LogP contribution in [0.3, 0.4) is 0 Å². The van der Waals surface area contributed by atoms with Crippen molar-refractivity contribution < 1.29 is 26.7 Å². The molecule has 0 aliphatic heterocycles. The predicted octanol–water partition coefficient (Wildman–Crippen LogP) is 2.46. The summed E-state index contributed by atoms with van der Waals surface area (Å²) in [6, 6.07) is 0.857. The molecule has 18 heavy (non-hydrogen) atoms. The Morgan fingerprint density at radius 2 is 2.17 bits per heavy atom. The Bertz CT molecular complexity index is 375. The molecule has 0 aliphatic rings. The second-order valence-electron chi connectivity index (χ2n) is 3.43. The monoisotopic (exact) mass is 334 g/mol. The topological polar surface area (TPSA) is 60.4 Å². The number of furan rings is 1. The molecule has 0 radical (unpaired) electrons. The number of hydrogen-bond acceptors (Lipinski definition) is 4. The van der Waals surface area contributed by atoms with Gasteiger partial charge in [0.2, 0.25) is 0 Å². The Hall–Kier alpha value is -0.640. The molecule has 1 heterocycles. The number of rotatable bonds is 7. The fourth-order valence-electron chi connectivity index (χ4n) is 1.13. The standard InChI is InChI=1S/C9H11BrF4N2O2/c10-5-1-2-18-7(5)6(16-15)3-17-4-9(13,14)8(11)12/h1-2,6,8,16H,3-4,15H2. The van der Waals surface area contributed by atoms with E-state index < -0.39 is 25.0 Å². The van der Waals surface area contributed by atoms with E-state index in [2.05, 4.69) is 26.1 Å². The normalized spacial score (nSPS) is 14.2. The van der Waals surface area contributed by atoms with E-state index in [0.717, 1.165) is 0 Å². The lowest BCUT2D eigenvalue weighted by Crippen LogP contribution is -2.36. The van der Waals surface area contributed by atoms with Gasteiger partial charge in [0.05, 0.1) is 17.3 Å². The highest BCUT2D eigenvalue weighted by Gasteiger charge is 2.41. The van der Waals surface area contributed by atoms with Crippen molar-refractivity contribution >= 4 is 15.9 Å². The molecule has 3 N–H and O–H groups in total. The molecule has 0 fully saturated rings. The molecule has 9 heteroatoms. The smallest absolute Gasteiger partial charge is 0.330 e. The van der Waals surface area contributed by atoms with Crippen molar-refractivity contribution in [2.24, 2.45) is 5.84 Å². The van der Waals surface area contributed by atoms with E-state index in [4.69, 9.17) is 10.3 Å². The quantitative estimate of drug-likeness (QED) is 0.457. The van der Waals surface area contributed by atoms with E-state index in [0.29, 0.717) is 10.2 Å². The SMILES string of the molecule is NNC(COCC(F)(F)C(F)F)c1occc1Br. The number of alkyl halides is 4. The van der Waals surface area contributed by atoms with Crippen molar-refractivity contribution in [3.05, 3.63) is 22.6 Å². The van der Waals surface area contributed by atoms with Gasteiger partial charge in [-0.25, -0.2) is 14.2 Å². The van der Waals surface area contributed by atoms with Crippen molar-refractivity contribution in [1.29, 1.82) is 0 Å². The first-order valence-corrected chi connectivity index (χ1v) is 5.60. The van der Waals surface area contributed by atoms with Gasteiger partial charge in [-0.3, -0.25) is 5.84 Å². The second-order valence-corrected chi connectivity index (χ2v) is 4.28. The third-order valence-corrected chi connectivity index (χ3v) is 2.72. The minimum Gasteiger partial charge on any atom is -0.466 e. The minimum atomic E-state index is -4.18. The average molecular weight is 335 g/mol. The molecular formula is C9H11BrF4N2O2. The Morgan fingerprint density at radius 1 is 1.50 bits per heavy atom. The summed E-state index contributed by atoms with van der Waals surface area (Å²) < 4.78 is 59.0. The lowest BCUT2D eigenvalue weighted by molar-refractivity contribution is -0.167. The largest absolute Gasteiger partial charge is 0.466 e. The molecule has 1 rings (SSSR count). The molecule has 1 aromatic rings. The zero-order valence-electron chi connectivity index (χ0n) is 9.01. The first-order valence-electron chi connectivity index (χ1n) is 4.81. The summed E-state index contributed by atoms with van der Waals surface area (Å²) in [5.41, 5.74) is 2.28. The zero-order valence-corrected chi connectivity index (χ0v) is 10.6. The molecule has 0 amide bonds. The second kappa shape index (κ2) is 6.50. The molecule has 1 atom stereocenters. The summed E-state index contributed by atoms with van der Waals surface area (Å²) in [6.07, 6.45) is -2.41. The fraction of sp³-hybridized carbons (Fsp3) is 0.556. The van der Waals surface area contributed by atoms with Crippen molar-refractivity contribution in [2.45, 2.75) is 18.4 Å². The highest BCUT2D eigenvalue weighted by atomic mass is 79.9. The maximum Gasteiger partial charge on any atom is 0.330 e. The summed E-state index contributed by atoms with van der Waals surface area (Å²) in [5.74, 6) is 1.35. The van der Waals surface area contributed by atoms with E-state index >= 15 is 0 Å². The van der Waals surface area contributed by atoms with Crippen LogP contribution in [-0.4, -0.2) is 25.6 Å². The molecule has 0 saturated heterocycles. The van der Waals surface area contributed by atoms with Crippen LogP contribution >= 0.6 is 15.9 Å². The summed E-state index contributed by atoms with van der Waals surface area (Å²) in [4.78, 5) is 0. The van der Waals surface area contributed by atoms with Crippen molar-refractivity contribution in [3.8, 4) is 0 Å². The van der Waals surface area contributed by atoms with Crippen LogP contribution < -0.4 is 11.3 Å². The first kappa shape index (κ1) is 15.4. The summed E-state index contributed by atoms with van der Waals surface area (Å²) in [6.45, 7) is -1.72. The molecule has 0 saturated carbocycles. The van der Waals surface area contributed by atoms with Crippen LogP contribution in [-0.2, 0) is 4.74 Å². The molecule has 0 aliphatic carbocycles. The first-order chi connectivity index (χ1) is 8.38. The lowest BCUT2D eigenvalue weighted by Gasteiger charge is -2.18. The van der Waals surface area contributed by atoms with Gasteiger partial charge in [0.15, 0.2) is 0 Å². The lowest BCUT2D eigenvalue weighted by atomic mass is 10.2. The summed E-state index contributed by atoms with van der Waals surface area (Å²) in [7, 11) is 0. The van der Waals surface area contributed by atoms with Crippen molar-refractivity contribution in [3.63, 3.8) is 0 Å². The third kappa shape index (κ3) is 3.94. The zero-order chi connectivity index (χ0) is 13.8. The van der Waals surface area contributed by atoms with E-state index in [-0.39, 0.29) is 6.61 Å². The number of nitrogens with two attached hydrogens (primary N) is 1. The predicted molar refractivity (Wildman–Crippen MR) is 58.2 cm³/mol. The van der Waals surface area contributed by atoms with Gasteiger partial charge in [0.1, 0.15) is 18.4 Å². The molecule has 4 nitrogen and oxygen atoms in total. The number of ether oxygens (including phenoxy) is 1. The van der Waals surface area contributed by atoms with Gasteiger partial charge in [-0.05, 0) is 22.0 Å². The Morgan fingerprint density at radius 3 is 2.61 bits per heavy atom. The summed E-state index contributed by atoms with van der Waals surface area (Å²) >= 11 is 3.15. The number of nitrogens with one attached hydrogen (secondary N) is 1. The Balaban J connectivity index is 2.49. The van der Waals surface area contributed by atoms with Crippen LogP contribution in [0, 0.1) is 0 Å². The van der Waals surface area contributed by atoms with E-state index in [1.807, 2.05) is 0 Å². The molecule has 1 unspecified atom stereocenters. The third-order valence-electron chi connectivity index (χ3n) is 2.06. The Labute approximate surface area is 109 Å². The highest BCUT2D eigenvalue weighted by molar-refractivity contribution is 9.10. The average Bonchev–Trinajstić information content (AvgIpc) is 2.71.